The predicted molar refractivity (Wildman–Crippen MR) is 53.3 cm³/mol. The molecule has 78 valence electrons. The van der Waals surface area contributed by atoms with Gasteiger partial charge in [-0.15, -0.1) is 12.4 Å². The summed E-state index contributed by atoms with van der Waals surface area (Å²) in [7, 11) is 0. The number of piperidine rings is 1. The fourth-order valence-electron chi connectivity index (χ4n) is 1.52. The Morgan fingerprint density at radius 1 is 1.31 bits per heavy atom. The maximum atomic E-state index is 9.52. The second kappa shape index (κ2) is 4.60. The van der Waals surface area contributed by atoms with E-state index in [1.54, 1.807) is 0 Å². The largest absolute Gasteiger partial charge is 0.387 e. The lowest BCUT2D eigenvalue weighted by Crippen LogP contribution is -2.34. The van der Waals surface area contributed by atoms with Gasteiger partial charge in [-0.05, 0) is 38.8 Å². The highest BCUT2D eigenvalue weighted by Gasteiger charge is 2.41. The van der Waals surface area contributed by atoms with E-state index in [2.05, 4.69) is 5.32 Å². The number of rotatable bonds is 3. The smallest absolute Gasteiger partial charge is 0.0882 e. The van der Waals surface area contributed by atoms with Crippen molar-refractivity contribution in [2.75, 3.05) is 19.7 Å². The van der Waals surface area contributed by atoms with Crippen molar-refractivity contribution >= 4 is 12.4 Å². The Hall–Kier alpha value is 0.170. The lowest BCUT2D eigenvalue weighted by Gasteiger charge is -2.24. The van der Waals surface area contributed by atoms with Crippen LogP contribution in [-0.2, 0) is 4.74 Å². The van der Waals surface area contributed by atoms with E-state index in [0.29, 0.717) is 12.7 Å². The van der Waals surface area contributed by atoms with Gasteiger partial charge in [-0.25, -0.2) is 0 Å². The van der Waals surface area contributed by atoms with Crippen LogP contribution in [0.3, 0.4) is 0 Å². The zero-order valence-corrected chi connectivity index (χ0v) is 8.61. The van der Waals surface area contributed by atoms with Gasteiger partial charge in [0.15, 0.2) is 0 Å². The average molecular weight is 208 g/mol. The Kier molecular flexibility index (Phi) is 3.98. The fourth-order valence-corrected chi connectivity index (χ4v) is 1.52. The van der Waals surface area contributed by atoms with Crippen LogP contribution in [0.2, 0.25) is 0 Å². The third kappa shape index (κ3) is 3.43. The summed E-state index contributed by atoms with van der Waals surface area (Å²) >= 11 is 0. The molecule has 0 radical (unpaired) electrons. The van der Waals surface area contributed by atoms with Gasteiger partial charge in [0, 0.05) is 0 Å². The molecule has 2 rings (SSSR count). The molecule has 2 N–H and O–H groups in total. The van der Waals surface area contributed by atoms with Crippen LogP contribution in [0.25, 0.3) is 0 Å². The summed E-state index contributed by atoms with van der Waals surface area (Å²) in [5.41, 5.74) is -0.440. The Bertz CT molecular complexity index is 156. The Morgan fingerprint density at radius 3 is 2.46 bits per heavy atom. The van der Waals surface area contributed by atoms with Gasteiger partial charge in [0.1, 0.15) is 0 Å². The highest BCUT2D eigenvalue weighted by atomic mass is 35.5. The highest BCUT2D eigenvalue weighted by molar-refractivity contribution is 5.85. The van der Waals surface area contributed by atoms with Crippen LogP contribution < -0.4 is 5.32 Å². The van der Waals surface area contributed by atoms with E-state index in [0.717, 1.165) is 38.8 Å². The van der Waals surface area contributed by atoms with Crippen LogP contribution >= 0.6 is 12.4 Å². The minimum Gasteiger partial charge on any atom is -0.387 e. The summed E-state index contributed by atoms with van der Waals surface area (Å²) in [4.78, 5) is 0. The van der Waals surface area contributed by atoms with Crippen LogP contribution in [0.15, 0.2) is 0 Å². The third-order valence-corrected chi connectivity index (χ3v) is 2.70. The quantitative estimate of drug-likeness (QED) is 0.716. The monoisotopic (exact) mass is 207 g/mol. The van der Waals surface area contributed by atoms with Crippen molar-refractivity contribution in [2.45, 2.75) is 37.4 Å². The average Bonchev–Trinajstić information content (AvgIpc) is 2.84. The van der Waals surface area contributed by atoms with Gasteiger partial charge in [0.2, 0.25) is 0 Å². The van der Waals surface area contributed by atoms with Crippen molar-refractivity contribution in [3.8, 4) is 0 Å². The summed E-state index contributed by atoms with van der Waals surface area (Å²) in [6.45, 7) is 2.67. The minimum atomic E-state index is -0.440. The van der Waals surface area contributed by atoms with Gasteiger partial charge in [-0.3, -0.25) is 0 Å². The van der Waals surface area contributed by atoms with E-state index in [9.17, 15) is 5.11 Å². The number of ether oxygens (including phenoxy) is 1. The second-order valence-corrected chi connectivity index (χ2v) is 3.98. The topological polar surface area (TPSA) is 41.5 Å². The van der Waals surface area contributed by atoms with Crippen molar-refractivity contribution in [1.29, 1.82) is 0 Å². The standard InChI is InChI=1S/C9H17NO2.ClH/c11-9(3-4-9)7-12-8-1-5-10-6-2-8;/h8,10-11H,1-7H2;1H. The summed E-state index contributed by atoms with van der Waals surface area (Å²) < 4.78 is 5.62. The van der Waals surface area contributed by atoms with E-state index in [1.807, 2.05) is 0 Å². The van der Waals surface area contributed by atoms with Crippen molar-refractivity contribution in [3.63, 3.8) is 0 Å². The molecule has 1 heterocycles. The molecule has 13 heavy (non-hydrogen) atoms. The van der Waals surface area contributed by atoms with Crippen LogP contribution in [-0.4, -0.2) is 36.5 Å². The lowest BCUT2D eigenvalue weighted by molar-refractivity contribution is -0.0317. The summed E-state index contributed by atoms with van der Waals surface area (Å²) in [6.07, 6.45) is 4.43. The molecule has 1 saturated carbocycles. The van der Waals surface area contributed by atoms with E-state index in [4.69, 9.17) is 4.74 Å². The molecule has 4 heteroatoms. The predicted octanol–water partition coefficient (Wildman–Crippen LogP) is 0.702. The maximum Gasteiger partial charge on any atom is 0.0882 e. The van der Waals surface area contributed by atoms with Gasteiger partial charge in [-0.1, -0.05) is 0 Å². The molecule has 1 aliphatic heterocycles. The van der Waals surface area contributed by atoms with Gasteiger partial charge < -0.3 is 15.2 Å². The fraction of sp³-hybridized carbons (Fsp3) is 1.00. The number of halogens is 1. The third-order valence-electron chi connectivity index (χ3n) is 2.70. The van der Waals surface area contributed by atoms with Crippen molar-refractivity contribution in [2.24, 2.45) is 0 Å². The molecule has 0 unspecified atom stereocenters. The number of hydrogen-bond acceptors (Lipinski definition) is 3. The Morgan fingerprint density at radius 2 is 1.92 bits per heavy atom. The van der Waals surface area contributed by atoms with E-state index >= 15 is 0 Å². The first kappa shape index (κ1) is 11.2. The van der Waals surface area contributed by atoms with Crippen LogP contribution in [0.5, 0.6) is 0 Å². The molecular formula is C9H18ClNO2. The molecule has 3 nitrogen and oxygen atoms in total. The number of nitrogens with one attached hydrogen (secondary N) is 1. The SMILES string of the molecule is Cl.OC1(COC2CCNCC2)CC1. The Balaban J connectivity index is 0.000000845. The summed E-state index contributed by atoms with van der Waals surface area (Å²) in [6, 6.07) is 0. The van der Waals surface area contributed by atoms with Crippen molar-refractivity contribution < 1.29 is 9.84 Å². The first-order chi connectivity index (χ1) is 5.79. The minimum absolute atomic E-state index is 0. The van der Waals surface area contributed by atoms with Gasteiger partial charge in [0.05, 0.1) is 18.3 Å². The van der Waals surface area contributed by atoms with Crippen LogP contribution in [0, 0.1) is 0 Å². The molecule has 0 atom stereocenters. The van der Waals surface area contributed by atoms with Crippen molar-refractivity contribution in [1.82, 2.24) is 5.32 Å². The van der Waals surface area contributed by atoms with Gasteiger partial charge >= 0.3 is 0 Å². The lowest BCUT2D eigenvalue weighted by atomic mass is 10.1. The first-order valence-corrected chi connectivity index (χ1v) is 4.83. The molecule has 1 aliphatic carbocycles. The van der Waals surface area contributed by atoms with E-state index < -0.39 is 5.60 Å². The number of aliphatic hydroxyl groups is 1. The molecule has 0 spiro atoms. The molecule has 0 aromatic heterocycles. The van der Waals surface area contributed by atoms with E-state index in [-0.39, 0.29) is 12.4 Å². The molecule has 0 aromatic carbocycles. The van der Waals surface area contributed by atoms with Crippen LogP contribution in [0.1, 0.15) is 25.7 Å². The molecule has 0 aromatic rings. The molecule has 0 bridgehead atoms. The highest BCUT2D eigenvalue weighted by Crippen LogP contribution is 2.35. The zero-order chi connectivity index (χ0) is 8.44. The Labute approximate surface area is 85.3 Å². The number of hydrogen-bond donors (Lipinski definition) is 2. The van der Waals surface area contributed by atoms with Crippen LogP contribution in [0.4, 0.5) is 0 Å². The molecule has 0 amide bonds. The molecule has 2 aliphatic rings. The summed E-state index contributed by atoms with van der Waals surface area (Å²) in [5, 5.41) is 12.8. The summed E-state index contributed by atoms with van der Waals surface area (Å²) in [5.74, 6) is 0. The van der Waals surface area contributed by atoms with Gasteiger partial charge in [0.25, 0.3) is 0 Å². The zero-order valence-electron chi connectivity index (χ0n) is 7.79. The van der Waals surface area contributed by atoms with Gasteiger partial charge in [-0.2, -0.15) is 0 Å². The second-order valence-electron chi connectivity index (χ2n) is 3.98. The molecule has 2 fully saturated rings. The van der Waals surface area contributed by atoms with Crippen molar-refractivity contribution in [3.05, 3.63) is 0 Å². The first-order valence-electron chi connectivity index (χ1n) is 4.83. The normalized spacial score (nSPS) is 26.5. The molecular weight excluding hydrogens is 190 g/mol. The maximum absolute atomic E-state index is 9.52. The molecule has 1 saturated heterocycles. The van der Waals surface area contributed by atoms with E-state index in [1.165, 1.54) is 0 Å².